The second-order valence-electron chi connectivity index (χ2n) is 3.45. The molecule has 17 heavy (non-hydrogen) atoms. The topological polar surface area (TPSA) is 70.8 Å². The third-order valence-electron chi connectivity index (χ3n) is 2.37. The molecule has 0 saturated heterocycles. The number of halogens is 1. The van der Waals surface area contributed by atoms with E-state index in [1.807, 2.05) is 0 Å². The van der Waals surface area contributed by atoms with Gasteiger partial charge in [0.15, 0.2) is 11.5 Å². The van der Waals surface area contributed by atoms with Crippen LogP contribution in [-0.4, -0.2) is 26.3 Å². The molecule has 94 valence electrons. The Morgan fingerprint density at radius 3 is 2.53 bits per heavy atom. The van der Waals surface area contributed by atoms with E-state index >= 15 is 0 Å². The van der Waals surface area contributed by atoms with Gasteiger partial charge in [0.1, 0.15) is 13.2 Å². The van der Waals surface area contributed by atoms with Crippen molar-refractivity contribution >= 4 is 24.1 Å². The maximum atomic E-state index is 11.2. The van der Waals surface area contributed by atoms with Gasteiger partial charge in [-0.25, -0.2) is 0 Å². The summed E-state index contributed by atoms with van der Waals surface area (Å²) in [6.07, 6.45) is 0.138. The lowest BCUT2D eigenvalue weighted by atomic mass is 10.1. The van der Waals surface area contributed by atoms with Gasteiger partial charge in [0.25, 0.3) is 0 Å². The standard InChI is InChI=1S/C11H13NO4.ClH/c1-14-11(13)5-7-4-9-10(6-8(7)12)16-3-2-15-9;/h4,6H,2-3,5,12H2,1H3;1H. The molecule has 0 spiro atoms. The summed E-state index contributed by atoms with van der Waals surface area (Å²) in [6, 6.07) is 3.40. The van der Waals surface area contributed by atoms with Crippen LogP contribution in [0.5, 0.6) is 11.5 Å². The molecule has 0 aromatic heterocycles. The Hall–Kier alpha value is -1.62. The summed E-state index contributed by atoms with van der Waals surface area (Å²) in [5.41, 5.74) is 7.00. The van der Waals surface area contributed by atoms with Crippen LogP contribution in [0.3, 0.4) is 0 Å². The minimum atomic E-state index is -0.330. The molecule has 0 saturated carbocycles. The lowest BCUT2D eigenvalue weighted by Crippen LogP contribution is -2.16. The van der Waals surface area contributed by atoms with Crippen molar-refractivity contribution in [2.75, 3.05) is 26.1 Å². The second-order valence-corrected chi connectivity index (χ2v) is 3.45. The number of methoxy groups -OCH3 is 1. The zero-order chi connectivity index (χ0) is 11.5. The SMILES string of the molecule is COC(=O)Cc1cc2c(cc1N)OCCO2.Cl. The molecular weight excluding hydrogens is 246 g/mol. The number of hydrogen-bond acceptors (Lipinski definition) is 5. The fourth-order valence-corrected chi connectivity index (χ4v) is 1.53. The van der Waals surface area contributed by atoms with Crippen molar-refractivity contribution in [2.24, 2.45) is 0 Å². The number of nitrogen functional groups attached to an aromatic ring is 1. The number of ether oxygens (including phenoxy) is 3. The Morgan fingerprint density at radius 1 is 1.35 bits per heavy atom. The average molecular weight is 260 g/mol. The highest BCUT2D eigenvalue weighted by Gasteiger charge is 2.16. The first-order valence-corrected chi connectivity index (χ1v) is 4.95. The molecule has 5 nitrogen and oxygen atoms in total. The largest absolute Gasteiger partial charge is 0.486 e. The monoisotopic (exact) mass is 259 g/mol. The van der Waals surface area contributed by atoms with E-state index in [2.05, 4.69) is 4.74 Å². The van der Waals surface area contributed by atoms with Gasteiger partial charge in [0.05, 0.1) is 13.5 Å². The predicted octanol–water partition coefficient (Wildman–Crippen LogP) is 1.18. The number of nitrogens with two attached hydrogens (primary N) is 1. The van der Waals surface area contributed by atoms with Crippen LogP contribution in [0.2, 0.25) is 0 Å². The zero-order valence-corrected chi connectivity index (χ0v) is 10.2. The molecule has 1 aromatic rings. The van der Waals surface area contributed by atoms with Crippen LogP contribution in [0.4, 0.5) is 5.69 Å². The molecule has 0 bridgehead atoms. The first-order valence-electron chi connectivity index (χ1n) is 4.95. The van der Waals surface area contributed by atoms with E-state index in [4.69, 9.17) is 15.2 Å². The minimum absolute atomic E-state index is 0. The second kappa shape index (κ2) is 5.63. The minimum Gasteiger partial charge on any atom is -0.486 e. The molecule has 0 atom stereocenters. The summed E-state index contributed by atoms with van der Waals surface area (Å²) in [6.45, 7) is 1.03. The zero-order valence-electron chi connectivity index (χ0n) is 9.39. The number of carbonyl (C=O) groups excluding carboxylic acids is 1. The van der Waals surface area contributed by atoms with E-state index in [1.54, 1.807) is 12.1 Å². The van der Waals surface area contributed by atoms with Crippen LogP contribution in [0.15, 0.2) is 12.1 Å². The lowest BCUT2D eigenvalue weighted by molar-refractivity contribution is -0.139. The van der Waals surface area contributed by atoms with Gasteiger partial charge in [-0.1, -0.05) is 0 Å². The van der Waals surface area contributed by atoms with Crippen molar-refractivity contribution in [1.29, 1.82) is 0 Å². The van der Waals surface area contributed by atoms with E-state index in [9.17, 15) is 4.79 Å². The van der Waals surface area contributed by atoms with E-state index < -0.39 is 0 Å². The summed E-state index contributed by atoms with van der Waals surface area (Å²) in [5, 5.41) is 0. The number of esters is 1. The summed E-state index contributed by atoms with van der Waals surface area (Å²) in [5.74, 6) is 0.917. The molecule has 6 heteroatoms. The lowest BCUT2D eigenvalue weighted by Gasteiger charge is -2.19. The first-order chi connectivity index (χ1) is 7.70. The van der Waals surface area contributed by atoms with Gasteiger partial charge in [0, 0.05) is 11.8 Å². The van der Waals surface area contributed by atoms with Crippen LogP contribution >= 0.6 is 12.4 Å². The number of rotatable bonds is 2. The molecule has 1 heterocycles. The number of benzene rings is 1. The average Bonchev–Trinajstić information content (AvgIpc) is 2.30. The van der Waals surface area contributed by atoms with Crippen molar-refractivity contribution in [3.05, 3.63) is 17.7 Å². The first kappa shape index (κ1) is 13.4. The van der Waals surface area contributed by atoms with Crippen LogP contribution in [-0.2, 0) is 16.0 Å². The summed E-state index contributed by atoms with van der Waals surface area (Å²) in [4.78, 5) is 11.2. The fourth-order valence-electron chi connectivity index (χ4n) is 1.53. The maximum absolute atomic E-state index is 11.2. The molecule has 1 aliphatic rings. The summed E-state index contributed by atoms with van der Waals surface area (Å²) >= 11 is 0. The number of fused-ring (bicyclic) bond motifs is 1. The predicted molar refractivity (Wildman–Crippen MR) is 64.8 cm³/mol. The van der Waals surface area contributed by atoms with Crippen molar-refractivity contribution < 1.29 is 19.0 Å². The van der Waals surface area contributed by atoms with Gasteiger partial charge in [-0.2, -0.15) is 0 Å². The molecule has 0 aliphatic carbocycles. The van der Waals surface area contributed by atoms with E-state index in [-0.39, 0.29) is 24.8 Å². The van der Waals surface area contributed by atoms with Crippen LogP contribution in [0, 0.1) is 0 Å². The molecule has 2 N–H and O–H groups in total. The van der Waals surface area contributed by atoms with E-state index in [0.29, 0.717) is 36.0 Å². The quantitative estimate of drug-likeness (QED) is 0.638. The van der Waals surface area contributed by atoms with Crippen molar-refractivity contribution in [3.8, 4) is 11.5 Å². The van der Waals surface area contributed by atoms with Gasteiger partial charge >= 0.3 is 5.97 Å². The number of carbonyl (C=O) groups is 1. The molecule has 0 fully saturated rings. The molecule has 2 rings (SSSR count). The Kier molecular flexibility index (Phi) is 4.45. The highest BCUT2D eigenvalue weighted by molar-refractivity contribution is 5.85. The maximum Gasteiger partial charge on any atom is 0.310 e. The molecule has 0 amide bonds. The van der Waals surface area contributed by atoms with Crippen molar-refractivity contribution in [3.63, 3.8) is 0 Å². The van der Waals surface area contributed by atoms with Gasteiger partial charge < -0.3 is 19.9 Å². The smallest absolute Gasteiger partial charge is 0.310 e. The van der Waals surface area contributed by atoms with Crippen LogP contribution < -0.4 is 15.2 Å². The highest BCUT2D eigenvalue weighted by atomic mass is 35.5. The highest BCUT2D eigenvalue weighted by Crippen LogP contribution is 2.34. The molecule has 1 aliphatic heterocycles. The van der Waals surface area contributed by atoms with Crippen molar-refractivity contribution in [2.45, 2.75) is 6.42 Å². The van der Waals surface area contributed by atoms with Crippen LogP contribution in [0.25, 0.3) is 0 Å². The van der Waals surface area contributed by atoms with Crippen molar-refractivity contribution in [1.82, 2.24) is 0 Å². The molecular formula is C11H14ClNO4. The molecule has 0 radical (unpaired) electrons. The number of hydrogen-bond donors (Lipinski definition) is 1. The third kappa shape index (κ3) is 2.94. The molecule has 0 unspecified atom stereocenters. The normalized spacial score (nSPS) is 12.5. The summed E-state index contributed by atoms with van der Waals surface area (Å²) < 4.78 is 15.4. The Morgan fingerprint density at radius 2 is 1.94 bits per heavy atom. The van der Waals surface area contributed by atoms with Crippen LogP contribution in [0.1, 0.15) is 5.56 Å². The fraction of sp³-hybridized carbons (Fsp3) is 0.364. The Labute approximate surface area is 105 Å². The van der Waals surface area contributed by atoms with Gasteiger partial charge in [-0.3, -0.25) is 4.79 Å². The number of anilines is 1. The van der Waals surface area contributed by atoms with Gasteiger partial charge in [0.2, 0.25) is 0 Å². The Bertz CT molecular complexity index is 422. The van der Waals surface area contributed by atoms with E-state index in [1.165, 1.54) is 7.11 Å². The van der Waals surface area contributed by atoms with Gasteiger partial charge in [-0.05, 0) is 11.6 Å². The summed E-state index contributed by atoms with van der Waals surface area (Å²) in [7, 11) is 1.34. The van der Waals surface area contributed by atoms with Gasteiger partial charge in [-0.15, -0.1) is 12.4 Å². The van der Waals surface area contributed by atoms with E-state index in [0.717, 1.165) is 0 Å². The third-order valence-corrected chi connectivity index (χ3v) is 2.37. The molecule has 1 aromatic carbocycles. The Balaban J connectivity index is 0.00000144.